The smallest absolute Gasteiger partial charge is 0.201 e. The Morgan fingerprint density at radius 3 is 2.50 bits per heavy atom. The van der Waals surface area contributed by atoms with Crippen LogP contribution in [0.1, 0.15) is 26.2 Å². The first-order valence-electron chi connectivity index (χ1n) is 3.20. The summed E-state index contributed by atoms with van der Waals surface area (Å²) in [7, 11) is 0. The third-order valence-corrected chi connectivity index (χ3v) is 1.86. The number of rotatable bonds is 1. The lowest BCUT2D eigenvalue weighted by molar-refractivity contribution is 0.515. The van der Waals surface area contributed by atoms with Gasteiger partial charge in [-0.25, -0.2) is 0 Å². The molecule has 0 aromatic rings. The molecule has 0 heterocycles. The van der Waals surface area contributed by atoms with Crippen LogP contribution in [0.5, 0.6) is 0 Å². The van der Waals surface area contributed by atoms with E-state index in [0.29, 0.717) is 0 Å². The third-order valence-electron chi connectivity index (χ3n) is 1.86. The van der Waals surface area contributed by atoms with Gasteiger partial charge in [-0.2, -0.15) is 0 Å². The molecule has 8 heavy (non-hydrogen) atoms. The fourth-order valence-corrected chi connectivity index (χ4v) is 1.31. The summed E-state index contributed by atoms with van der Waals surface area (Å²) in [6, 6.07) is 0. The van der Waals surface area contributed by atoms with Gasteiger partial charge < -0.3 is 0 Å². The van der Waals surface area contributed by atoms with E-state index in [4.69, 9.17) is 0 Å². The second-order valence-electron chi connectivity index (χ2n) is 2.73. The van der Waals surface area contributed by atoms with E-state index in [1.54, 1.807) is 0 Å². The van der Waals surface area contributed by atoms with Crippen molar-refractivity contribution >= 4 is 6.29 Å². The Balaban J connectivity index is 2.32. The maximum absolute atomic E-state index is 10.0. The van der Waals surface area contributed by atoms with Gasteiger partial charge in [0, 0.05) is 5.92 Å². The van der Waals surface area contributed by atoms with Crippen LogP contribution < -0.4 is 0 Å². The quantitative estimate of drug-likeness (QED) is 0.501. The molecule has 0 N–H and O–H groups in total. The molecule has 0 aliphatic heterocycles. The zero-order valence-electron chi connectivity index (χ0n) is 5.18. The average Bonchev–Trinajstić information content (AvgIpc) is 2.14. The molecule has 1 heteroatoms. The molecule has 0 spiro atoms. The Kier molecular flexibility index (Phi) is 1.66. The molecule has 0 amide bonds. The molecular formula is C7H11O. The predicted octanol–water partition coefficient (Wildman–Crippen LogP) is 1.53. The highest BCUT2D eigenvalue weighted by atomic mass is 16.1. The van der Waals surface area contributed by atoms with Crippen LogP contribution in [-0.2, 0) is 4.79 Å². The topological polar surface area (TPSA) is 17.1 Å². The van der Waals surface area contributed by atoms with E-state index in [2.05, 4.69) is 6.92 Å². The lowest BCUT2D eigenvalue weighted by Crippen LogP contribution is -1.93. The molecule has 1 saturated carbocycles. The van der Waals surface area contributed by atoms with Gasteiger partial charge in [-0.3, -0.25) is 4.79 Å². The van der Waals surface area contributed by atoms with E-state index in [1.807, 2.05) is 6.29 Å². The Labute approximate surface area is 50.1 Å². The first-order valence-corrected chi connectivity index (χ1v) is 3.20. The van der Waals surface area contributed by atoms with E-state index in [0.717, 1.165) is 18.8 Å². The van der Waals surface area contributed by atoms with E-state index >= 15 is 0 Å². The Bertz CT molecular complexity index is 88.4. The summed E-state index contributed by atoms with van der Waals surface area (Å²) in [5, 5.41) is 0. The predicted molar refractivity (Wildman–Crippen MR) is 32.2 cm³/mol. The minimum atomic E-state index is 0.269. The van der Waals surface area contributed by atoms with Crippen LogP contribution in [0.15, 0.2) is 0 Å². The normalized spacial score (nSPS) is 37.6. The molecule has 0 aromatic carbocycles. The Hall–Kier alpha value is -0.330. The first-order chi connectivity index (χ1) is 3.83. The molecule has 1 aliphatic carbocycles. The molecule has 0 aromatic heterocycles. The van der Waals surface area contributed by atoms with Gasteiger partial charge in [0.25, 0.3) is 0 Å². The van der Waals surface area contributed by atoms with Crippen molar-refractivity contribution in [2.75, 3.05) is 0 Å². The molecule has 1 nitrogen and oxygen atoms in total. The van der Waals surface area contributed by atoms with E-state index in [1.165, 1.54) is 6.42 Å². The molecule has 1 aliphatic rings. The highest BCUT2D eigenvalue weighted by molar-refractivity contribution is 5.54. The average molecular weight is 111 g/mol. The van der Waals surface area contributed by atoms with Crippen molar-refractivity contribution in [3.8, 4) is 0 Å². The van der Waals surface area contributed by atoms with Crippen LogP contribution in [0.3, 0.4) is 0 Å². The third kappa shape index (κ3) is 1.09. The van der Waals surface area contributed by atoms with Gasteiger partial charge in [0.15, 0.2) is 0 Å². The van der Waals surface area contributed by atoms with Crippen LogP contribution in [-0.4, -0.2) is 6.29 Å². The summed E-state index contributed by atoms with van der Waals surface area (Å²) in [6.07, 6.45) is 5.41. The van der Waals surface area contributed by atoms with Crippen LogP contribution >= 0.6 is 0 Å². The maximum Gasteiger partial charge on any atom is 0.201 e. The van der Waals surface area contributed by atoms with E-state index in [9.17, 15) is 4.79 Å². The van der Waals surface area contributed by atoms with Gasteiger partial charge in [-0.15, -0.1) is 0 Å². The lowest BCUT2D eigenvalue weighted by Gasteiger charge is -1.94. The summed E-state index contributed by atoms with van der Waals surface area (Å²) in [6.45, 7) is 2.19. The summed E-state index contributed by atoms with van der Waals surface area (Å²) in [5.41, 5.74) is 0. The Morgan fingerprint density at radius 1 is 1.50 bits per heavy atom. The van der Waals surface area contributed by atoms with Crippen molar-refractivity contribution in [2.45, 2.75) is 26.2 Å². The standard InChI is InChI=1S/C7H11O/c1-6-2-3-7(4-6)5-8/h6-7H,2-4H2,1H3. The van der Waals surface area contributed by atoms with Gasteiger partial charge in [0.2, 0.25) is 6.29 Å². The molecule has 0 bridgehead atoms. The Morgan fingerprint density at radius 2 is 2.25 bits per heavy atom. The molecule has 1 fully saturated rings. The molecule has 0 saturated heterocycles. The van der Waals surface area contributed by atoms with Crippen molar-refractivity contribution in [3.05, 3.63) is 0 Å². The summed E-state index contributed by atoms with van der Waals surface area (Å²) in [5.74, 6) is 1.03. The van der Waals surface area contributed by atoms with Gasteiger partial charge in [-0.05, 0) is 25.2 Å². The van der Waals surface area contributed by atoms with Crippen LogP contribution in [0.25, 0.3) is 0 Å². The molecule has 1 radical (unpaired) electrons. The lowest BCUT2D eigenvalue weighted by atomic mass is 10.1. The molecule has 1 rings (SSSR count). The summed E-state index contributed by atoms with van der Waals surface area (Å²) < 4.78 is 0. The minimum absolute atomic E-state index is 0.269. The first kappa shape index (κ1) is 5.80. The largest absolute Gasteiger partial charge is 0.291 e. The minimum Gasteiger partial charge on any atom is -0.291 e. The summed E-state index contributed by atoms with van der Waals surface area (Å²) >= 11 is 0. The van der Waals surface area contributed by atoms with Crippen molar-refractivity contribution < 1.29 is 4.79 Å². The van der Waals surface area contributed by atoms with Gasteiger partial charge in [0.05, 0.1) is 0 Å². The zero-order chi connectivity index (χ0) is 5.98. The summed E-state index contributed by atoms with van der Waals surface area (Å²) in [4.78, 5) is 10.0. The molecular weight excluding hydrogens is 100 g/mol. The maximum atomic E-state index is 10.0. The van der Waals surface area contributed by atoms with Gasteiger partial charge >= 0.3 is 0 Å². The van der Waals surface area contributed by atoms with Gasteiger partial charge in [0.1, 0.15) is 0 Å². The fraction of sp³-hybridized carbons (Fsp3) is 0.857. The van der Waals surface area contributed by atoms with E-state index < -0.39 is 0 Å². The molecule has 2 atom stereocenters. The van der Waals surface area contributed by atoms with Crippen LogP contribution in [0, 0.1) is 11.8 Å². The molecule has 2 unspecified atom stereocenters. The van der Waals surface area contributed by atoms with Gasteiger partial charge in [-0.1, -0.05) is 6.92 Å². The monoisotopic (exact) mass is 111 g/mol. The van der Waals surface area contributed by atoms with E-state index in [-0.39, 0.29) is 5.92 Å². The second kappa shape index (κ2) is 2.29. The highest BCUT2D eigenvalue weighted by Crippen LogP contribution is 2.28. The van der Waals surface area contributed by atoms with Crippen molar-refractivity contribution in [1.82, 2.24) is 0 Å². The zero-order valence-corrected chi connectivity index (χ0v) is 5.18. The number of hydrogen-bond donors (Lipinski definition) is 0. The molecule has 45 valence electrons. The SMILES string of the molecule is CC1CCC([C]=O)C1. The second-order valence-corrected chi connectivity index (χ2v) is 2.73. The fourth-order valence-electron chi connectivity index (χ4n) is 1.31. The van der Waals surface area contributed by atoms with Crippen LogP contribution in [0.4, 0.5) is 0 Å². The van der Waals surface area contributed by atoms with Crippen LogP contribution in [0.2, 0.25) is 0 Å². The number of carbonyl (C=O) groups excluding carboxylic acids is 1. The van der Waals surface area contributed by atoms with Crippen molar-refractivity contribution in [3.63, 3.8) is 0 Å². The van der Waals surface area contributed by atoms with Crippen molar-refractivity contribution in [2.24, 2.45) is 11.8 Å². The van der Waals surface area contributed by atoms with Crippen molar-refractivity contribution in [1.29, 1.82) is 0 Å². The number of hydrogen-bond acceptors (Lipinski definition) is 1. The highest BCUT2D eigenvalue weighted by Gasteiger charge is 2.20.